The average Bonchev–Trinajstić information content (AvgIpc) is 2.28. The van der Waals surface area contributed by atoms with Gasteiger partial charge >= 0.3 is 5.97 Å². The SMILES string of the molecule is CCOC(=O)Cc1cnc(C(F)F)c(N)c1[N+](=O)[O-]. The van der Waals surface area contributed by atoms with Gasteiger partial charge in [0.15, 0.2) is 0 Å². The second-order valence-corrected chi connectivity index (χ2v) is 3.47. The second kappa shape index (κ2) is 6.03. The van der Waals surface area contributed by atoms with Gasteiger partial charge in [0.2, 0.25) is 0 Å². The molecule has 0 aliphatic rings. The number of carbonyl (C=O) groups excluding carboxylic acids is 1. The highest BCUT2D eigenvalue weighted by molar-refractivity contribution is 5.76. The Labute approximate surface area is 106 Å². The molecular weight excluding hydrogens is 264 g/mol. The molecule has 0 aliphatic carbocycles. The number of ether oxygens (including phenoxy) is 1. The van der Waals surface area contributed by atoms with E-state index in [0.29, 0.717) is 0 Å². The van der Waals surface area contributed by atoms with Crippen molar-refractivity contribution in [2.45, 2.75) is 19.8 Å². The molecule has 1 rings (SSSR count). The molecule has 7 nitrogen and oxygen atoms in total. The van der Waals surface area contributed by atoms with Crippen LogP contribution in [0.5, 0.6) is 0 Å². The summed E-state index contributed by atoms with van der Waals surface area (Å²) in [5, 5.41) is 10.9. The molecule has 9 heteroatoms. The third-order valence-corrected chi connectivity index (χ3v) is 2.22. The number of esters is 1. The molecule has 104 valence electrons. The van der Waals surface area contributed by atoms with Crippen LogP contribution in [0.3, 0.4) is 0 Å². The van der Waals surface area contributed by atoms with Gasteiger partial charge in [-0.2, -0.15) is 0 Å². The number of alkyl halides is 2. The molecule has 0 aliphatic heterocycles. The number of hydrogen-bond donors (Lipinski definition) is 1. The van der Waals surface area contributed by atoms with Crippen LogP contribution in [0.2, 0.25) is 0 Å². The molecule has 0 amide bonds. The molecule has 0 radical (unpaired) electrons. The lowest BCUT2D eigenvalue weighted by Crippen LogP contribution is -2.12. The van der Waals surface area contributed by atoms with E-state index in [1.54, 1.807) is 6.92 Å². The van der Waals surface area contributed by atoms with Crippen LogP contribution < -0.4 is 5.73 Å². The second-order valence-electron chi connectivity index (χ2n) is 3.47. The van der Waals surface area contributed by atoms with Crippen molar-refractivity contribution in [3.8, 4) is 0 Å². The van der Waals surface area contributed by atoms with Gasteiger partial charge in [0.05, 0.1) is 23.5 Å². The summed E-state index contributed by atoms with van der Waals surface area (Å²) in [5.74, 6) is -0.725. The number of hydrogen-bond acceptors (Lipinski definition) is 6. The number of anilines is 1. The standard InChI is InChI=1S/C10H11F2N3O4/c1-2-19-6(16)3-5-4-14-8(10(11)12)7(13)9(5)15(17)18/h4,10H,2-3,13H2,1H3. The Balaban J connectivity index is 3.22. The minimum absolute atomic E-state index is 0.102. The summed E-state index contributed by atoms with van der Waals surface area (Å²) in [6.45, 7) is 1.67. The zero-order valence-electron chi connectivity index (χ0n) is 9.93. The number of nitrogens with zero attached hydrogens (tertiary/aromatic N) is 2. The van der Waals surface area contributed by atoms with E-state index in [9.17, 15) is 23.7 Å². The average molecular weight is 275 g/mol. The van der Waals surface area contributed by atoms with E-state index in [4.69, 9.17) is 5.73 Å². The maximum absolute atomic E-state index is 12.5. The molecule has 1 heterocycles. The van der Waals surface area contributed by atoms with Gasteiger partial charge in [0.1, 0.15) is 11.4 Å². The number of carbonyl (C=O) groups is 1. The lowest BCUT2D eigenvalue weighted by Gasteiger charge is -2.08. The van der Waals surface area contributed by atoms with Crippen molar-refractivity contribution in [3.63, 3.8) is 0 Å². The van der Waals surface area contributed by atoms with Crippen molar-refractivity contribution in [1.29, 1.82) is 0 Å². The van der Waals surface area contributed by atoms with Crippen LogP contribution in [0.25, 0.3) is 0 Å². The van der Waals surface area contributed by atoms with Gasteiger partial charge in [-0.1, -0.05) is 0 Å². The molecule has 0 unspecified atom stereocenters. The largest absolute Gasteiger partial charge is 0.466 e. The number of aromatic nitrogens is 1. The number of rotatable bonds is 5. The van der Waals surface area contributed by atoms with Crippen LogP contribution in [0, 0.1) is 10.1 Å². The number of nitrogen functional groups attached to an aromatic ring is 1. The molecule has 0 spiro atoms. The first-order valence-electron chi connectivity index (χ1n) is 5.23. The van der Waals surface area contributed by atoms with Crippen molar-refractivity contribution >= 4 is 17.3 Å². The molecule has 0 saturated heterocycles. The van der Waals surface area contributed by atoms with Gasteiger partial charge in [-0.25, -0.2) is 8.78 Å². The van der Waals surface area contributed by atoms with Crippen molar-refractivity contribution in [2.75, 3.05) is 12.3 Å². The van der Waals surface area contributed by atoms with E-state index in [1.165, 1.54) is 0 Å². The highest BCUT2D eigenvalue weighted by atomic mass is 19.3. The van der Waals surface area contributed by atoms with Crippen LogP contribution in [-0.2, 0) is 16.0 Å². The summed E-state index contributed by atoms with van der Waals surface area (Å²) in [7, 11) is 0. The third kappa shape index (κ3) is 3.33. The zero-order valence-corrected chi connectivity index (χ0v) is 9.93. The minimum Gasteiger partial charge on any atom is -0.466 e. The summed E-state index contributed by atoms with van der Waals surface area (Å²) in [4.78, 5) is 24.5. The fourth-order valence-corrected chi connectivity index (χ4v) is 1.46. The smallest absolute Gasteiger partial charge is 0.310 e. The van der Waals surface area contributed by atoms with Gasteiger partial charge in [-0.05, 0) is 6.92 Å². The maximum Gasteiger partial charge on any atom is 0.310 e. The van der Waals surface area contributed by atoms with Gasteiger partial charge < -0.3 is 10.5 Å². The van der Waals surface area contributed by atoms with Crippen molar-refractivity contribution in [1.82, 2.24) is 4.98 Å². The number of nitrogens with two attached hydrogens (primary N) is 1. The zero-order chi connectivity index (χ0) is 14.6. The Morgan fingerprint density at radius 2 is 2.26 bits per heavy atom. The Hall–Kier alpha value is -2.32. The van der Waals surface area contributed by atoms with Crippen LogP contribution in [0.15, 0.2) is 6.20 Å². The Bertz CT molecular complexity index is 508. The quantitative estimate of drug-likeness (QED) is 0.497. The van der Waals surface area contributed by atoms with E-state index in [-0.39, 0.29) is 12.2 Å². The summed E-state index contributed by atoms with van der Waals surface area (Å²) >= 11 is 0. The van der Waals surface area contributed by atoms with E-state index in [0.717, 1.165) is 6.20 Å². The Morgan fingerprint density at radius 1 is 1.63 bits per heavy atom. The maximum atomic E-state index is 12.5. The lowest BCUT2D eigenvalue weighted by molar-refractivity contribution is -0.384. The monoisotopic (exact) mass is 275 g/mol. The van der Waals surface area contributed by atoms with Crippen LogP contribution >= 0.6 is 0 Å². The van der Waals surface area contributed by atoms with E-state index in [1.807, 2.05) is 0 Å². The Morgan fingerprint density at radius 3 is 2.74 bits per heavy atom. The lowest BCUT2D eigenvalue weighted by atomic mass is 10.1. The van der Waals surface area contributed by atoms with E-state index in [2.05, 4.69) is 9.72 Å². The van der Waals surface area contributed by atoms with E-state index < -0.39 is 40.8 Å². The number of nitro groups is 1. The van der Waals surface area contributed by atoms with Gasteiger partial charge in [-0.3, -0.25) is 19.9 Å². The minimum atomic E-state index is -3.03. The number of halogens is 2. The number of pyridine rings is 1. The molecule has 0 atom stereocenters. The Kier molecular flexibility index (Phi) is 4.67. The molecule has 1 aromatic rings. The fraction of sp³-hybridized carbons (Fsp3) is 0.400. The van der Waals surface area contributed by atoms with Crippen LogP contribution in [0.4, 0.5) is 20.2 Å². The van der Waals surface area contributed by atoms with Crippen molar-refractivity contribution < 1.29 is 23.2 Å². The van der Waals surface area contributed by atoms with Crippen molar-refractivity contribution in [2.24, 2.45) is 0 Å². The molecule has 0 bridgehead atoms. The molecule has 2 N–H and O–H groups in total. The summed E-state index contributed by atoms with van der Waals surface area (Å²) in [6, 6.07) is 0. The predicted octanol–water partition coefficient (Wildman–Crippen LogP) is 1.62. The molecule has 0 aromatic carbocycles. The highest BCUT2D eigenvalue weighted by Crippen LogP contribution is 2.33. The van der Waals surface area contributed by atoms with Crippen LogP contribution in [-0.4, -0.2) is 22.5 Å². The van der Waals surface area contributed by atoms with Crippen molar-refractivity contribution in [3.05, 3.63) is 27.6 Å². The molecule has 1 aromatic heterocycles. The molecule has 19 heavy (non-hydrogen) atoms. The highest BCUT2D eigenvalue weighted by Gasteiger charge is 2.27. The summed E-state index contributed by atoms with van der Waals surface area (Å²) < 4.78 is 29.7. The topological polar surface area (TPSA) is 108 Å². The van der Waals surface area contributed by atoms with Gasteiger partial charge in [-0.15, -0.1) is 0 Å². The summed E-state index contributed by atoms with van der Waals surface area (Å²) in [5.41, 5.74) is 2.79. The van der Waals surface area contributed by atoms with Gasteiger partial charge in [0.25, 0.3) is 12.1 Å². The normalized spacial score (nSPS) is 10.5. The van der Waals surface area contributed by atoms with Gasteiger partial charge in [0, 0.05) is 6.20 Å². The summed E-state index contributed by atoms with van der Waals surface area (Å²) in [6.07, 6.45) is -2.65. The molecule has 0 fully saturated rings. The fourth-order valence-electron chi connectivity index (χ4n) is 1.46. The molecule has 0 saturated carbocycles. The first-order valence-corrected chi connectivity index (χ1v) is 5.23. The van der Waals surface area contributed by atoms with Crippen LogP contribution in [0.1, 0.15) is 24.6 Å². The first-order chi connectivity index (χ1) is 8.88. The predicted molar refractivity (Wildman–Crippen MR) is 60.6 cm³/mol. The first kappa shape index (κ1) is 14.7. The molecular formula is C10H11F2N3O4. The third-order valence-electron chi connectivity index (χ3n) is 2.22. The van der Waals surface area contributed by atoms with E-state index >= 15 is 0 Å².